The Labute approximate surface area is 191 Å². The summed E-state index contributed by atoms with van der Waals surface area (Å²) in [5, 5.41) is 15.2. The normalized spacial score (nSPS) is 10.8. The summed E-state index contributed by atoms with van der Waals surface area (Å²) in [4.78, 5) is 14.1. The first-order chi connectivity index (χ1) is 15.3. The molecule has 7 nitrogen and oxygen atoms in total. The van der Waals surface area contributed by atoms with E-state index in [1.807, 2.05) is 69.3 Å². The first-order valence-corrected chi connectivity index (χ1v) is 10.5. The number of nitrogens with one attached hydrogen (secondary N) is 2. The molecule has 0 aliphatic heterocycles. The van der Waals surface area contributed by atoms with E-state index in [2.05, 4.69) is 20.8 Å². The van der Waals surface area contributed by atoms with Crippen molar-refractivity contribution in [1.82, 2.24) is 20.3 Å². The lowest BCUT2D eigenvalue weighted by Gasteiger charge is -2.12. The Morgan fingerprint density at radius 3 is 2.25 bits per heavy atom. The summed E-state index contributed by atoms with van der Waals surface area (Å²) in [5.41, 5.74) is 6.72. The Morgan fingerprint density at radius 2 is 1.59 bits per heavy atom. The fraction of sp³-hybridized carbons (Fsp3) is 0.167. The fourth-order valence-electron chi connectivity index (χ4n) is 3.25. The van der Waals surface area contributed by atoms with Crippen LogP contribution in [0.1, 0.15) is 27.0 Å². The van der Waals surface area contributed by atoms with Crippen LogP contribution in [0.4, 0.5) is 5.69 Å². The number of anilines is 1. The second kappa shape index (κ2) is 8.76. The second-order valence-electron chi connectivity index (χ2n) is 7.55. The van der Waals surface area contributed by atoms with Gasteiger partial charge < -0.3 is 10.1 Å². The third-order valence-electron chi connectivity index (χ3n) is 5.27. The quantitative estimate of drug-likeness (QED) is 0.451. The number of ether oxygens (including phenoxy) is 1. The van der Waals surface area contributed by atoms with Crippen LogP contribution in [-0.4, -0.2) is 33.1 Å². The van der Waals surface area contributed by atoms with Gasteiger partial charge in [-0.05, 0) is 98.2 Å². The fourth-order valence-corrected chi connectivity index (χ4v) is 3.45. The Hall–Kier alpha value is -3.78. The Kier molecular flexibility index (Phi) is 5.87. The molecule has 3 aromatic carbocycles. The van der Waals surface area contributed by atoms with Gasteiger partial charge in [-0.3, -0.25) is 10.1 Å². The molecule has 0 atom stereocenters. The minimum absolute atomic E-state index is 0.221. The van der Waals surface area contributed by atoms with Crippen LogP contribution in [0.5, 0.6) is 5.75 Å². The maximum absolute atomic E-state index is 12.5. The van der Waals surface area contributed by atoms with E-state index in [1.54, 1.807) is 18.0 Å². The molecular formula is C24H23N5O2S. The molecule has 32 heavy (non-hydrogen) atoms. The molecule has 4 rings (SSSR count). The number of benzene rings is 3. The molecule has 0 unspecified atom stereocenters. The van der Waals surface area contributed by atoms with Crippen molar-refractivity contribution in [1.29, 1.82) is 0 Å². The number of carbonyl (C=O) groups excluding carboxylic acids is 1. The van der Waals surface area contributed by atoms with Gasteiger partial charge in [0.05, 0.1) is 12.8 Å². The van der Waals surface area contributed by atoms with E-state index in [0.29, 0.717) is 11.1 Å². The van der Waals surface area contributed by atoms with Gasteiger partial charge in [-0.25, -0.2) is 0 Å². The molecule has 0 bridgehead atoms. The number of fused-ring (bicyclic) bond motifs is 1. The molecule has 0 spiro atoms. The minimum Gasteiger partial charge on any atom is -0.497 e. The third kappa shape index (κ3) is 4.45. The zero-order valence-electron chi connectivity index (χ0n) is 18.3. The van der Waals surface area contributed by atoms with E-state index in [0.717, 1.165) is 39.3 Å². The number of nitrogens with zero attached hydrogens (tertiary/aromatic N) is 3. The molecule has 2 N–H and O–H groups in total. The summed E-state index contributed by atoms with van der Waals surface area (Å²) in [5.74, 6) is 0.513. The first kappa shape index (κ1) is 21.5. The van der Waals surface area contributed by atoms with Crippen LogP contribution in [-0.2, 0) is 0 Å². The van der Waals surface area contributed by atoms with Crippen LogP contribution >= 0.6 is 12.2 Å². The molecule has 8 heteroatoms. The highest BCUT2D eigenvalue weighted by molar-refractivity contribution is 7.80. The lowest BCUT2D eigenvalue weighted by atomic mass is 10.1. The lowest BCUT2D eigenvalue weighted by Crippen LogP contribution is -2.34. The van der Waals surface area contributed by atoms with E-state index in [1.165, 1.54) is 0 Å². The van der Waals surface area contributed by atoms with E-state index >= 15 is 0 Å². The number of rotatable bonds is 4. The van der Waals surface area contributed by atoms with Crippen molar-refractivity contribution in [3.05, 3.63) is 76.9 Å². The number of methoxy groups -OCH3 is 1. The maximum Gasteiger partial charge on any atom is 0.257 e. The monoisotopic (exact) mass is 445 g/mol. The van der Waals surface area contributed by atoms with Gasteiger partial charge in [0.25, 0.3) is 5.91 Å². The minimum atomic E-state index is -0.255. The van der Waals surface area contributed by atoms with E-state index in [9.17, 15) is 4.79 Å². The predicted molar refractivity (Wildman–Crippen MR) is 130 cm³/mol. The van der Waals surface area contributed by atoms with E-state index in [4.69, 9.17) is 17.0 Å². The molecule has 1 heterocycles. The van der Waals surface area contributed by atoms with Crippen LogP contribution in [0.15, 0.2) is 54.6 Å². The van der Waals surface area contributed by atoms with Gasteiger partial charge in [-0.2, -0.15) is 4.80 Å². The number of carbonyl (C=O) groups is 1. The molecule has 0 radical (unpaired) electrons. The molecular weight excluding hydrogens is 422 g/mol. The number of hydrogen-bond donors (Lipinski definition) is 2. The van der Waals surface area contributed by atoms with Crippen LogP contribution < -0.4 is 15.4 Å². The van der Waals surface area contributed by atoms with Crippen molar-refractivity contribution in [2.75, 3.05) is 12.4 Å². The van der Waals surface area contributed by atoms with Gasteiger partial charge >= 0.3 is 0 Å². The molecule has 1 amide bonds. The second-order valence-corrected chi connectivity index (χ2v) is 7.96. The number of aryl methyl sites for hydroxylation is 3. The van der Waals surface area contributed by atoms with Crippen molar-refractivity contribution in [2.45, 2.75) is 20.8 Å². The van der Waals surface area contributed by atoms with Crippen LogP contribution in [0, 0.1) is 20.8 Å². The Balaban J connectivity index is 1.52. The number of thiocarbonyl (C=S) groups is 1. The number of aromatic nitrogens is 3. The van der Waals surface area contributed by atoms with Crippen LogP contribution in [0.3, 0.4) is 0 Å². The van der Waals surface area contributed by atoms with Gasteiger partial charge in [0.15, 0.2) is 5.11 Å². The van der Waals surface area contributed by atoms with Gasteiger partial charge in [0.1, 0.15) is 16.8 Å². The smallest absolute Gasteiger partial charge is 0.257 e. The standard InChI is InChI=1S/C24H23N5O2S/c1-14-5-6-17(11-15(14)2)23(30)26-24(32)25-20-13-22-21(12-16(20)3)27-29(28-22)18-7-9-19(31-4)10-8-18/h5-13H,1-4H3,(H2,25,26,30,32). The van der Waals surface area contributed by atoms with Gasteiger partial charge in [-0.1, -0.05) is 6.07 Å². The summed E-state index contributed by atoms with van der Waals surface area (Å²) in [6, 6.07) is 16.9. The van der Waals surface area contributed by atoms with Crippen LogP contribution in [0.2, 0.25) is 0 Å². The van der Waals surface area contributed by atoms with Crippen molar-refractivity contribution in [3.63, 3.8) is 0 Å². The summed E-state index contributed by atoms with van der Waals surface area (Å²) in [6.07, 6.45) is 0. The predicted octanol–water partition coefficient (Wildman–Crippen LogP) is 4.48. The Morgan fingerprint density at radius 1 is 0.906 bits per heavy atom. The lowest BCUT2D eigenvalue weighted by molar-refractivity contribution is 0.0977. The molecule has 0 saturated carbocycles. The van der Waals surface area contributed by atoms with Crippen molar-refractivity contribution < 1.29 is 9.53 Å². The molecule has 0 aliphatic rings. The molecule has 0 aliphatic carbocycles. The average molecular weight is 446 g/mol. The van der Waals surface area contributed by atoms with Gasteiger partial charge in [0, 0.05) is 11.3 Å². The summed E-state index contributed by atoms with van der Waals surface area (Å²) in [6.45, 7) is 5.93. The summed E-state index contributed by atoms with van der Waals surface area (Å²) < 4.78 is 5.20. The van der Waals surface area contributed by atoms with Gasteiger partial charge in [-0.15, -0.1) is 10.2 Å². The topological polar surface area (TPSA) is 81.1 Å². The van der Waals surface area contributed by atoms with E-state index in [-0.39, 0.29) is 11.0 Å². The zero-order chi connectivity index (χ0) is 22.8. The van der Waals surface area contributed by atoms with Crippen LogP contribution in [0.25, 0.3) is 16.7 Å². The highest BCUT2D eigenvalue weighted by Gasteiger charge is 2.12. The van der Waals surface area contributed by atoms with Crippen molar-refractivity contribution in [3.8, 4) is 11.4 Å². The number of amides is 1. The molecule has 1 aromatic heterocycles. The van der Waals surface area contributed by atoms with Crippen molar-refractivity contribution >= 4 is 40.0 Å². The average Bonchev–Trinajstić information content (AvgIpc) is 3.18. The molecule has 4 aromatic rings. The largest absolute Gasteiger partial charge is 0.497 e. The molecule has 0 fully saturated rings. The summed E-state index contributed by atoms with van der Waals surface area (Å²) >= 11 is 5.36. The highest BCUT2D eigenvalue weighted by atomic mass is 32.1. The highest BCUT2D eigenvalue weighted by Crippen LogP contribution is 2.23. The number of hydrogen-bond acceptors (Lipinski definition) is 5. The van der Waals surface area contributed by atoms with E-state index < -0.39 is 0 Å². The first-order valence-electron chi connectivity index (χ1n) is 10.1. The van der Waals surface area contributed by atoms with Crippen molar-refractivity contribution in [2.24, 2.45) is 0 Å². The third-order valence-corrected chi connectivity index (χ3v) is 5.48. The zero-order valence-corrected chi connectivity index (χ0v) is 19.1. The molecule has 0 saturated heterocycles. The maximum atomic E-state index is 12.5. The molecule has 162 valence electrons. The van der Waals surface area contributed by atoms with Gasteiger partial charge in [0.2, 0.25) is 0 Å². The SMILES string of the molecule is COc1ccc(-n2nc3cc(C)c(NC(=S)NC(=O)c4ccc(C)c(C)c4)cc3n2)cc1. The Bertz CT molecular complexity index is 1330. The summed E-state index contributed by atoms with van der Waals surface area (Å²) in [7, 11) is 1.63.